The first-order chi connectivity index (χ1) is 12.8. The average Bonchev–Trinajstić information content (AvgIpc) is 3.37. The van der Waals surface area contributed by atoms with Crippen LogP contribution in [-0.4, -0.2) is 40.3 Å². The maximum absolute atomic E-state index is 12.4. The van der Waals surface area contributed by atoms with Crippen LogP contribution in [0.3, 0.4) is 0 Å². The lowest BCUT2D eigenvalue weighted by molar-refractivity contribution is 0.0940. The Labute approximate surface area is 156 Å². The number of rotatable bonds is 5. The van der Waals surface area contributed by atoms with Crippen LogP contribution in [0.5, 0.6) is 0 Å². The highest BCUT2D eigenvalue weighted by Gasteiger charge is 2.17. The van der Waals surface area contributed by atoms with E-state index in [0.29, 0.717) is 11.6 Å². The number of para-hydroxylation sites is 1. The number of nitrogens with zero attached hydrogens (tertiary/aromatic N) is 3. The fourth-order valence-electron chi connectivity index (χ4n) is 3.08. The Morgan fingerprint density at radius 2 is 2.08 bits per heavy atom. The molecule has 3 aromatic rings. The van der Waals surface area contributed by atoms with E-state index in [1.54, 1.807) is 6.20 Å². The third kappa shape index (κ3) is 3.84. The number of aromatic nitrogens is 3. The molecule has 0 bridgehead atoms. The number of amides is 1. The van der Waals surface area contributed by atoms with E-state index in [9.17, 15) is 4.79 Å². The largest absolute Gasteiger partial charge is 0.350 e. The van der Waals surface area contributed by atoms with Crippen LogP contribution in [0.2, 0.25) is 0 Å². The zero-order valence-electron chi connectivity index (χ0n) is 14.4. The zero-order chi connectivity index (χ0) is 17.8. The maximum Gasteiger partial charge on any atom is 0.270 e. The number of benzene rings is 1. The Hall–Kier alpha value is -2.51. The molecule has 1 aliphatic heterocycles. The number of hydrogen-bond donors (Lipinski definition) is 2. The van der Waals surface area contributed by atoms with Gasteiger partial charge >= 0.3 is 0 Å². The molecule has 26 heavy (non-hydrogen) atoms. The van der Waals surface area contributed by atoms with E-state index in [2.05, 4.69) is 20.7 Å². The number of carbonyl (C=O) groups is 1. The molecule has 1 saturated heterocycles. The first-order valence-corrected chi connectivity index (χ1v) is 9.72. The molecule has 4 rings (SSSR count). The molecular formula is C19H21N5OS. The predicted molar refractivity (Wildman–Crippen MR) is 103 cm³/mol. The minimum atomic E-state index is -0.0958. The van der Waals surface area contributed by atoms with Crippen molar-refractivity contribution in [3.05, 3.63) is 53.8 Å². The van der Waals surface area contributed by atoms with Gasteiger partial charge in [-0.15, -0.1) is 11.3 Å². The molecule has 0 atom stereocenters. The van der Waals surface area contributed by atoms with Crippen molar-refractivity contribution in [3.8, 4) is 16.3 Å². The molecule has 1 fully saturated rings. The minimum Gasteiger partial charge on any atom is -0.350 e. The summed E-state index contributed by atoms with van der Waals surface area (Å²) in [7, 11) is 0. The predicted octanol–water partition coefficient (Wildman–Crippen LogP) is 2.73. The summed E-state index contributed by atoms with van der Waals surface area (Å²) < 4.78 is 1.81. The van der Waals surface area contributed by atoms with E-state index < -0.39 is 0 Å². The van der Waals surface area contributed by atoms with E-state index in [1.165, 1.54) is 11.3 Å². The zero-order valence-corrected chi connectivity index (χ0v) is 15.2. The quantitative estimate of drug-likeness (QED) is 0.727. The molecule has 0 unspecified atom stereocenters. The molecule has 2 aromatic heterocycles. The number of thiazole rings is 1. The highest BCUT2D eigenvalue weighted by atomic mass is 32.1. The van der Waals surface area contributed by atoms with Crippen LogP contribution in [0, 0.1) is 5.92 Å². The third-order valence-electron chi connectivity index (χ3n) is 4.60. The highest BCUT2D eigenvalue weighted by Crippen LogP contribution is 2.24. The lowest BCUT2D eigenvalue weighted by Crippen LogP contribution is -2.36. The Balaban J connectivity index is 1.41. The van der Waals surface area contributed by atoms with Gasteiger partial charge in [-0.05, 0) is 44.0 Å². The SMILES string of the molecule is O=C(NCC1CCNCC1)c1csc(-c2cnn(-c3ccccc3)c2)n1. The molecule has 1 amide bonds. The van der Waals surface area contributed by atoms with Crippen molar-refractivity contribution in [1.82, 2.24) is 25.4 Å². The molecule has 7 heteroatoms. The number of carbonyl (C=O) groups excluding carboxylic acids is 1. The van der Waals surface area contributed by atoms with E-state index in [-0.39, 0.29) is 5.91 Å². The van der Waals surface area contributed by atoms with Crippen molar-refractivity contribution < 1.29 is 4.79 Å². The summed E-state index contributed by atoms with van der Waals surface area (Å²) in [5, 5.41) is 13.4. The maximum atomic E-state index is 12.4. The van der Waals surface area contributed by atoms with Crippen molar-refractivity contribution in [1.29, 1.82) is 0 Å². The van der Waals surface area contributed by atoms with Gasteiger partial charge in [-0.1, -0.05) is 18.2 Å². The van der Waals surface area contributed by atoms with Crippen LogP contribution < -0.4 is 10.6 Å². The highest BCUT2D eigenvalue weighted by molar-refractivity contribution is 7.13. The van der Waals surface area contributed by atoms with Crippen LogP contribution in [-0.2, 0) is 0 Å². The summed E-state index contributed by atoms with van der Waals surface area (Å²) in [5.74, 6) is 0.462. The smallest absolute Gasteiger partial charge is 0.270 e. The molecule has 1 aliphatic rings. The summed E-state index contributed by atoms with van der Waals surface area (Å²) in [6.07, 6.45) is 5.94. The molecule has 6 nitrogen and oxygen atoms in total. The molecule has 134 valence electrons. The normalized spacial score (nSPS) is 15.1. The second kappa shape index (κ2) is 7.80. The average molecular weight is 367 g/mol. The Bertz CT molecular complexity index is 867. The summed E-state index contributed by atoms with van der Waals surface area (Å²) >= 11 is 1.47. The van der Waals surface area contributed by atoms with Gasteiger partial charge in [-0.25, -0.2) is 9.67 Å². The van der Waals surface area contributed by atoms with Gasteiger partial charge in [0.15, 0.2) is 0 Å². The van der Waals surface area contributed by atoms with Gasteiger partial charge in [-0.2, -0.15) is 5.10 Å². The van der Waals surface area contributed by atoms with Gasteiger partial charge in [0.2, 0.25) is 0 Å². The van der Waals surface area contributed by atoms with Crippen molar-refractivity contribution >= 4 is 17.2 Å². The number of nitrogens with one attached hydrogen (secondary N) is 2. The van der Waals surface area contributed by atoms with Gasteiger partial charge in [0.1, 0.15) is 10.7 Å². The third-order valence-corrected chi connectivity index (χ3v) is 5.49. The van der Waals surface area contributed by atoms with Crippen LogP contribution in [0.15, 0.2) is 48.1 Å². The summed E-state index contributed by atoms with van der Waals surface area (Å²) in [6, 6.07) is 9.93. The Morgan fingerprint density at radius 3 is 2.88 bits per heavy atom. The summed E-state index contributed by atoms with van der Waals surface area (Å²) in [5.41, 5.74) is 2.39. The monoisotopic (exact) mass is 367 g/mol. The molecule has 0 spiro atoms. The molecule has 0 radical (unpaired) electrons. The number of piperidine rings is 1. The standard InChI is InChI=1S/C19H21N5OS/c25-18(21-10-14-6-8-20-9-7-14)17-13-26-19(23-17)15-11-22-24(12-15)16-4-2-1-3-5-16/h1-5,11-14,20H,6-10H2,(H,21,25). The van der Waals surface area contributed by atoms with E-state index in [0.717, 1.165) is 48.7 Å². The van der Waals surface area contributed by atoms with Crippen LogP contribution in [0.4, 0.5) is 0 Å². The fourth-order valence-corrected chi connectivity index (χ4v) is 3.85. The van der Waals surface area contributed by atoms with Gasteiger partial charge in [-0.3, -0.25) is 4.79 Å². The van der Waals surface area contributed by atoms with Crippen molar-refractivity contribution in [2.45, 2.75) is 12.8 Å². The molecule has 0 aliphatic carbocycles. The molecule has 1 aromatic carbocycles. The first-order valence-electron chi connectivity index (χ1n) is 8.84. The first kappa shape index (κ1) is 16.9. The Kier molecular flexibility index (Phi) is 5.08. The van der Waals surface area contributed by atoms with Crippen molar-refractivity contribution in [3.63, 3.8) is 0 Å². The van der Waals surface area contributed by atoms with Gasteiger partial charge < -0.3 is 10.6 Å². The van der Waals surface area contributed by atoms with E-state index in [1.807, 2.05) is 46.6 Å². The fraction of sp³-hybridized carbons (Fsp3) is 0.316. The second-order valence-electron chi connectivity index (χ2n) is 6.45. The van der Waals surface area contributed by atoms with Crippen LogP contribution in [0.1, 0.15) is 23.3 Å². The lowest BCUT2D eigenvalue weighted by Gasteiger charge is -2.22. The van der Waals surface area contributed by atoms with Crippen LogP contribution in [0.25, 0.3) is 16.3 Å². The second-order valence-corrected chi connectivity index (χ2v) is 7.31. The molecular weight excluding hydrogens is 346 g/mol. The molecule has 3 heterocycles. The molecule has 2 N–H and O–H groups in total. The van der Waals surface area contributed by atoms with Crippen LogP contribution >= 0.6 is 11.3 Å². The van der Waals surface area contributed by atoms with Gasteiger partial charge in [0, 0.05) is 23.7 Å². The van der Waals surface area contributed by atoms with Crippen molar-refractivity contribution in [2.75, 3.05) is 19.6 Å². The summed E-state index contributed by atoms with van der Waals surface area (Å²) in [4.78, 5) is 16.8. The minimum absolute atomic E-state index is 0.0958. The number of hydrogen-bond acceptors (Lipinski definition) is 5. The summed E-state index contributed by atoms with van der Waals surface area (Å²) in [6.45, 7) is 2.79. The van der Waals surface area contributed by atoms with E-state index >= 15 is 0 Å². The Morgan fingerprint density at radius 1 is 1.27 bits per heavy atom. The lowest BCUT2D eigenvalue weighted by atomic mass is 9.98. The van der Waals surface area contributed by atoms with E-state index in [4.69, 9.17) is 0 Å². The van der Waals surface area contributed by atoms with Crippen molar-refractivity contribution in [2.24, 2.45) is 5.92 Å². The molecule has 0 saturated carbocycles. The van der Waals surface area contributed by atoms with Gasteiger partial charge in [0.25, 0.3) is 5.91 Å². The topological polar surface area (TPSA) is 71.8 Å². The van der Waals surface area contributed by atoms with Gasteiger partial charge in [0.05, 0.1) is 11.9 Å².